The summed E-state index contributed by atoms with van der Waals surface area (Å²) in [6.07, 6.45) is -0.458. The molecule has 134 valence electrons. The molecule has 1 heterocycles. The third-order valence-corrected chi connectivity index (χ3v) is 4.62. The van der Waals surface area contributed by atoms with Gasteiger partial charge >= 0.3 is 0 Å². The Morgan fingerprint density at radius 1 is 1.00 bits per heavy atom. The molecule has 3 rings (SSSR count). The molecule has 0 unspecified atom stereocenters. The van der Waals surface area contributed by atoms with Crippen LogP contribution in [0.25, 0.3) is 0 Å². The van der Waals surface area contributed by atoms with Crippen LogP contribution in [0.3, 0.4) is 0 Å². The molecule has 0 bridgehead atoms. The molecule has 1 saturated heterocycles. The predicted molar refractivity (Wildman–Crippen MR) is 98.7 cm³/mol. The Kier molecular flexibility index (Phi) is 6.14. The van der Waals surface area contributed by atoms with Crippen molar-refractivity contribution in [2.45, 2.75) is 6.10 Å². The Bertz CT molecular complexity index is 625. The maximum absolute atomic E-state index is 10.3. The number of methoxy groups -OCH3 is 1. The van der Waals surface area contributed by atoms with Gasteiger partial charge in [-0.05, 0) is 36.4 Å². The molecule has 0 saturated carbocycles. The van der Waals surface area contributed by atoms with Crippen molar-refractivity contribution >= 4 is 5.69 Å². The number of nitrogens with zero attached hydrogens (tertiary/aromatic N) is 1. The largest absolute Gasteiger partial charge is 0.497 e. The molecule has 25 heavy (non-hydrogen) atoms. The van der Waals surface area contributed by atoms with Gasteiger partial charge in [0.25, 0.3) is 0 Å². The quantitative estimate of drug-likeness (QED) is 0.782. The SMILES string of the molecule is COc1ccc(OC[C@@H](O)C[NH+]2CCN(c3ccccc3)CC2)cc1. The number of rotatable bonds is 7. The van der Waals surface area contributed by atoms with Gasteiger partial charge in [-0.1, -0.05) is 18.2 Å². The number of piperazine rings is 1. The lowest BCUT2D eigenvalue weighted by Crippen LogP contribution is -3.16. The maximum atomic E-state index is 10.3. The van der Waals surface area contributed by atoms with Crippen LogP contribution in [0.2, 0.25) is 0 Å². The van der Waals surface area contributed by atoms with Crippen molar-refractivity contribution in [3.05, 3.63) is 54.6 Å². The van der Waals surface area contributed by atoms with Crippen LogP contribution in [-0.2, 0) is 0 Å². The Morgan fingerprint density at radius 3 is 2.28 bits per heavy atom. The molecule has 1 fully saturated rings. The zero-order valence-corrected chi connectivity index (χ0v) is 14.7. The van der Waals surface area contributed by atoms with Crippen molar-refractivity contribution in [1.82, 2.24) is 0 Å². The van der Waals surface area contributed by atoms with Crippen LogP contribution in [0.4, 0.5) is 5.69 Å². The lowest BCUT2D eigenvalue weighted by molar-refractivity contribution is -0.903. The summed E-state index contributed by atoms with van der Waals surface area (Å²) in [6, 6.07) is 17.9. The summed E-state index contributed by atoms with van der Waals surface area (Å²) in [6.45, 7) is 5.15. The molecule has 2 aromatic rings. The van der Waals surface area contributed by atoms with Gasteiger partial charge in [-0.3, -0.25) is 0 Å². The predicted octanol–water partition coefficient (Wildman–Crippen LogP) is 0.840. The molecule has 1 aliphatic rings. The fraction of sp³-hybridized carbons (Fsp3) is 0.400. The smallest absolute Gasteiger partial charge is 0.137 e. The molecule has 0 aromatic heterocycles. The van der Waals surface area contributed by atoms with E-state index in [4.69, 9.17) is 9.47 Å². The molecule has 2 N–H and O–H groups in total. The highest BCUT2D eigenvalue weighted by Crippen LogP contribution is 2.17. The standard InChI is InChI=1S/C20H26N2O3/c1-24-19-7-9-20(10-8-19)25-16-18(23)15-21-11-13-22(14-12-21)17-5-3-2-4-6-17/h2-10,18,23H,11-16H2,1H3/p+1/t18-/m0/s1. The number of anilines is 1. The molecule has 0 spiro atoms. The van der Waals surface area contributed by atoms with E-state index in [1.165, 1.54) is 10.6 Å². The van der Waals surface area contributed by atoms with E-state index in [-0.39, 0.29) is 0 Å². The second kappa shape index (κ2) is 8.74. The van der Waals surface area contributed by atoms with Gasteiger partial charge in [-0.25, -0.2) is 0 Å². The summed E-state index contributed by atoms with van der Waals surface area (Å²) in [5, 5.41) is 10.3. The first-order chi connectivity index (χ1) is 12.2. The number of hydrogen-bond acceptors (Lipinski definition) is 4. The van der Waals surface area contributed by atoms with Gasteiger partial charge in [0.2, 0.25) is 0 Å². The molecular formula is C20H27N2O3+. The van der Waals surface area contributed by atoms with E-state index in [0.29, 0.717) is 6.61 Å². The topological polar surface area (TPSA) is 46.4 Å². The molecular weight excluding hydrogens is 316 g/mol. The zero-order valence-electron chi connectivity index (χ0n) is 14.7. The van der Waals surface area contributed by atoms with Crippen molar-refractivity contribution in [2.75, 3.05) is 51.3 Å². The second-order valence-electron chi connectivity index (χ2n) is 6.42. The molecule has 0 radical (unpaired) electrons. The molecule has 5 nitrogen and oxygen atoms in total. The average Bonchev–Trinajstić information content (AvgIpc) is 2.68. The zero-order chi connectivity index (χ0) is 17.5. The van der Waals surface area contributed by atoms with E-state index in [1.54, 1.807) is 7.11 Å². The normalized spacial score (nSPS) is 16.5. The summed E-state index contributed by atoms with van der Waals surface area (Å²) in [7, 11) is 1.64. The van der Waals surface area contributed by atoms with Crippen molar-refractivity contribution < 1.29 is 19.5 Å². The van der Waals surface area contributed by atoms with Gasteiger partial charge in [0, 0.05) is 5.69 Å². The number of para-hydroxylation sites is 1. The van der Waals surface area contributed by atoms with Gasteiger partial charge in [-0.2, -0.15) is 0 Å². The third-order valence-electron chi connectivity index (χ3n) is 4.62. The van der Waals surface area contributed by atoms with Crippen molar-refractivity contribution in [1.29, 1.82) is 0 Å². The molecule has 0 aliphatic carbocycles. The minimum Gasteiger partial charge on any atom is -0.497 e. The van der Waals surface area contributed by atoms with Crippen LogP contribution in [0.5, 0.6) is 11.5 Å². The number of aliphatic hydroxyl groups is 1. The first-order valence-electron chi connectivity index (χ1n) is 8.83. The number of benzene rings is 2. The number of nitrogens with one attached hydrogen (secondary N) is 1. The molecule has 5 heteroatoms. The van der Waals surface area contributed by atoms with E-state index in [0.717, 1.165) is 44.2 Å². The molecule has 0 amide bonds. The van der Waals surface area contributed by atoms with Crippen molar-refractivity contribution in [3.63, 3.8) is 0 Å². The molecule has 1 aliphatic heterocycles. The van der Waals surface area contributed by atoms with Crippen molar-refractivity contribution in [2.24, 2.45) is 0 Å². The minimum atomic E-state index is -0.458. The van der Waals surface area contributed by atoms with Gasteiger partial charge < -0.3 is 24.4 Å². The maximum Gasteiger partial charge on any atom is 0.137 e. The molecule has 2 aromatic carbocycles. The van der Waals surface area contributed by atoms with Gasteiger partial charge in [0.1, 0.15) is 30.8 Å². The fourth-order valence-electron chi connectivity index (χ4n) is 3.18. The third kappa shape index (κ3) is 5.11. The summed E-state index contributed by atoms with van der Waals surface area (Å²) in [5.41, 5.74) is 1.28. The van der Waals surface area contributed by atoms with E-state index >= 15 is 0 Å². The van der Waals surface area contributed by atoms with E-state index in [1.807, 2.05) is 30.3 Å². The van der Waals surface area contributed by atoms with Gasteiger partial charge in [0.15, 0.2) is 0 Å². The van der Waals surface area contributed by atoms with Gasteiger partial charge in [0.05, 0.1) is 33.3 Å². The Morgan fingerprint density at radius 2 is 1.64 bits per heavy atom. The Labute approximate surface area is 149 Å². The number of ether oxygens (including phenoxy) is 2. The average molecular weight is 343 g/mol. The highest BCUT2D eigenvalue weighted by Gasteiger charge is 2.22. The van der Waals surface area contributed by atoms with Crippen LogP contribution in [-0.4, -0.2) is 57.7 Å². The highest BCUT2D eigenvalue weighted by atomic mass is 16.5. The lowest BCUT2D eigenvalue weighted by Gasteiger charge is -2.34. The summed E-state index contributed by atoms with van der Waals surface area (Å²) in [5.74, 6) is 1.55. The first-order valence-corrected chi connectivity index (χ1v) is 8.83. The van der Waals surface area contributed by atoms with E-state index in [9.17, 15) is 5.11 Å². The fourth-order valence-corrected chi connectivity index (χ4v) is 3.18. The van der Waals surface area contributed by atoms with E-state index < -0.39 is 6.10 Å². The number of aliphatic hydroxyl groups excluding tert-OH is 1. The number of hydrogen-bond donors (Lipinski definition) is 2. The summed E-state index contributed by atoms with van der Waals surface area (Å²) in [4.78, 5) is 3.84. The van der Waals surface area contributed by atoms with Crippen LogP contribution in [0, 0.1) is 0 Å². The Balaban J connectivity index is 1.39. The molecule has 1 atom stereocenters. The van der Waals surface area contributed by atoms with E-state index in [2.05, 4.69) is 29.2 Å². The first kappa shape index (κ1) is 17.6. The van der Waals surface area contributed by atoms with Crippen molar-refractivity contribution in [3.8, 4) is 11.5 Å². The summed E-state index contributed by atoms with van der Waals surface area (Å²) >= 11 is 0. The summed E-state index contributed by atoms with van der Waals surface area (Å²) < 4.78 is 10.8. The van der Waals surface area contributed by atoms with Crippen LogP contribution in [0.1, 0.15) is 0 Å². The monoisotopic (exact) mass is 343 g/mol. The van der Waals surface area contributed by atoms with Gasteiger partial charge in [-0.15, -0.1) is 0 Å². The highest BCUT2D eigenvalue weighted by molar-refractivity contribution is 5.46. The van der Waals surface area contributed by atoms with Crippen LogP contribution in [0.15, 0.2) is 54.6 Å². The Hall–Kier alpha value is -2.24. The minimum absolute atomic E-state index is 0.318. The lowest BCUT2D eigenvalue weighted by atomic mass is 10.2. The number of quaternary nitrogens is 1. The second-order valence-corrected chi connectivity index (χ2v) is 6.42. The van der Waals surface area contributed by atoms with Crippen LogP contribution >= 0.6 is 0 Å². The van der Waals surface area contributed by atoms with Crippen LogP contribution < -0.4 is 19.3 Å².